The summed E-state index contributed by atoms with van der Waals surface area (Å²) in [5, 5.41) is 0.751. The Morgan fingerprint density at radius 3 is 2.61 bits per heavy atom. The van der Waals surface area contributed by atoms with Crippen LogP contribution in [0.5, 0.6) is 0 Å². The fraction of sp³-hybridized carbons (Fsp3) is 0.435. The Balaban J connectivity index is 1.41. The smallest absolute Gasteiger partial charge is 0.254 e. The van der Waals surface area contributed by atoms with Crippen molar-refractivity contribution in [3.05, 3.63) is 47.2 Å². The highest BCUT2D eigenvalue weighted by atomic mass is 32.1. The van der Waals surface area contributed by atoms with Crippen LogP contribution < -0.4 is 4.90 Å². The lowest BCUT2D eigenvalue weighted by Gasteiger charge is -2.36. The Hall–Kier alpha value is -3.14. The lowest BCUT2D eigenvalue weighted by molar-refractivity contribution is -0.117. The highest BCUT2D eigenvalue weighted by Gasteiger charge is 2.38. The number of halogens is 1. The maximum Gasteiger partial charge on any atom is 0.254 e. The minimum Gasteiger partial charge on any atom is -0.328 e. The number of imidazole rings is 1. The maximum atomic E-state index is 13.4. The molecule has 2 fully saturated rings. The summed E-state index contributed by atoms with van der Waals surface area (Å²) in [5.41, 5.74) is 1.28. The van der Waals surface area contributed by atoms with Crippen LogP contribution in [0, 0.1) is 5.82 Å². The number of fused-ring (bicyclic) bond motifs is 1. The highest BCUT2D eigenvalue weighted by molar-refractivity contribution is 7.09. The number of nitrogens with zero attached hydrogens (tertiary/aromatic N) is 6. The predicted molar refractivity (Wildman–Crippen MR) is 121 cm³/mol. The van der Waals surface area contributed by atoms with E-state index in [0.29, 0.717) is 49.2 Å². The molecule has 6 rings (SSSR count). The van der Waals surface area contributed by atoms with Crippen molar-refractivity contribution in [1.82, 2.24) is 23.8 Å². The number of hydrogen-bond acceptors (Lipinski definition) is 6. The van der Waals surface area contributed by atoms with Gasteiger partial charge in [0.05, 0.1) is 11.7 Å². The SMILES string of the molecule is C[C@@H]1c2c(N3CCCC3=O)nc(-c3nc(C4CC4)ns3)n2CCN1C(=O)c1ccc(F)cc1. The summed E-state index contributed by atoms with van der Waals surface area (Å²) in [5.74, 6) is 2.16. The number of rotatable bonds is 4. The van der Waals surface area contributed by atoms with Gasteiger partial charge in [0, 0.05) is 37.5 Å². The predicted octanol–water partition coefficient (Wildman–Crippen LogP) is 3.76. The first-order valence-corrected chi connectivity index (χ1v) is 12.1. The second-order valence-electron chi connectivity index (χ2n) is 8.86. The van der Waals surface area contributed by atoms with Crippen molar-refractivity contribution < 1.29 is 14.0 Å². The van der Waals surface area contributed by atoms with E-state index in [2.05, 4.69) is 8.94 Å². The van der Waals surface area contributed by atoms with Gasteiger partial charge in [0.15, 0.2) is 16.6 Å². The standard InChI is InChI=1S/C23H23FN6O2S/c1-13-18-20(29-10-2-3-17(29)31)26-21(22-25-19(27-33-22)14-4-5-14)30(18)12-11-28(13)23(32)15-6-8-16(24)9-7-15/h6-9,13-14H,2-5,10-12H2,1H3/t13-/m1/s1. The Morgan fingerprint density at radius 1 is 1.12 bits per heavy atom. The molecule has 0 unspecified atom stereocenters. The summed E-state index contributed by atoms with van der Waals surface area (Å²) in [7, 11) is 0. The zero-order valence-corrected chi connectivity index (χ0v) is 19.0. The van der Waals surface area contributed by atoms with Gasteiger partial charge >= 0.3 is 0 Å². The molecule has 2 amide bonds. The number of carbonyl (C=O) groups excluding carboxylic acids is 2. The van der Waals surface area contributed by atoms with Gasteiger partial charge in [-0.2, -0.15) is 4.37 Å². The summed E-state index contributed by atoms with van der Waals surface area (Å²) in [6, 6.07) is 5.30. The molecule has 1 aliphatic carbocycles. The van der Waals surface area contributed by atoms with Crippen molar-refractivity contribution in [3.63, 3.8) is 0 Å². The average Bonchev–Trinajstić information content (AvgIpc) is 3.21. The molecule has 3 aliphatic rings. The molecule has 1 saturated carbocycles. The topological polar surface area (TPSA) is 84.2 Å². The Morgan fingerprint density at radius 2 is 1.91 bits per heavy atom. The highest BCUT2D eigenvalue weighted by Crippen LogP contribution is 2.42. The maximum absolute atomic E-state index is 13.4. The Kier molecular flexibility index (Phi) is 4.79. The van der Waals surface area contributed by atoms with Gasteiger partial charge in [-0.15, -0.1) is 0 Å². The number of hydrogen-bond donors (Lipinski definition) is 0. The van der Waals surface area contributed by atoms with Crippen LogP contribution in [0.2, 0.25) is 0 Å². The summed E-state index contributed by atoms with van der Waals surface area (Å²) >= 11 is 1.34. The molecule has 8 nitrogen and oxygen atoms in total. The lowest BCUT2D eigenvalue weighted by Crippen LogP contribution is -2.42. The minimum absolute atomic E-state index is 0.0487. The van der Waals surface area contributed by atoms with Gasteiger partial charge in [-0.05, 0) is 62.0 Å². The second-order valence-corrected chi connectivity index (χ2v) is 9.61. The third-order valence-corrected chi connectivity index (χ3v) is 7.40. The molecular weight excluding hydrogens is 443 g/mol. The molecule has 0 bridgehead atoms. The molecular formula is C23H23FN6O2S. The molecule has 2 aliphatic heterocycles. The van der Waals surface area contributed by atoms with Gasteiger partial charge in [0.25, 0.3) is 5.91 Å². The number of carbonyl (C=O) groups is 2. The van der Waals surface area contributed by atoms with Crippen LogP contribution in [-0.4, -0.2) is 48.7 Å². The fourth-order valence-electron chi connectivity index (χ4n) is 4.74. The quantitative estimate of drug-likeness (QED) is 0.585. The zero-order valence-electron chi connectivity index (χ0n) is 18.2. The van der Waals surface area contributed by atoms with Gasteiger partial charge in [-0.3, -0.25) is 14.5 Å². The normalized spacial score (nSPS) is 20.4. The van der Waals surface area contributed by atoms with Crippen molar-refractivity contribution in [1.29, 1.82) is 0 Å². The van der Waals surface area contributed by atoms with Crippen molar-refractivity contribution in [2.45, 2.75) is 51.1 Å². The van der Waals surface area contributed by atoms with E-state index in [1.807, 2.05) is 6.92 Å². The van der Waals surface area contributed by atoms with Gasteiger partial charge < -0.3 is 9.47 Å². The molecule has 33 heavy (non-hydrogen) atoms. The van der Waals surface area contributed by atoms with Crippen LogP contribution in [0.25, 0.3) is 10.8 Å². The van der Waals surface area contributed by atoms with Crippen LogP contribution >= 0.6 is 11.5 Å². The first-order valence-electron chi connectivity index (χ1n) is 11.3. The van der Waals surface area contributed by atoms with Crippen LogP contribution in [0.3, 0.4) is 0 Å². The Bertz CT molecular complexity index is 1250. The van der Waals surface area contributed by atoms with E-state index in [-0.39, 0.29) is 23.7 Å². The molecule has 170 valence electrons. The summed E-state index contributed by atoms with van der Waals surface area (Å²) in [6.45, 7) is 3.59. The lowest BCUT2D eigenvalue weighted by atomic mass is 10.1. The molecule has 1 atom stereocenters. The molecule has 0 radical (unpaired) electrons. The molecule has 4 heterocycles. The average molecular weight is 467 g/mol. The van der Waals surface area contributed by atoms with Crippen molar-refractivity contribution in [3.8, 4) is 10.8 Å². The van der Waals surface area contributed by atoms with Gasteiger partial charge in [-0.25, -0.2) is 14.4 Å². The number of benzene rings is 1. The number of anilines is 1. The molecule has 0 spiro atoms. The van der Waals surface area contributed by atoms with E-state index in [1.165, 1.54) is 35.8 Å². The van der Waals surface area contributed by atoms with Crippen LogP contribution in [0.4, 0.5) is 10.2 Å². The molecule has 3 aromatic rings. The third-order valence-electron chi connectivity index (χ3n) is 6.67. The second kappa shape index (κ2) is 7.72. The zero-order chi connectivity index (χ0) is 22.7. The van der Waals surface area contributed by atoms with Crippen LogP contribution in [-0.2, 0) is 11.3 Å². The largest absolute Gasteiger partial charge is 0.328 e. The summed E-state index contributed by atoms with van der Waals surface area (Å²) in [6.07, 6.45) is 3.54. The fourth-order valence-corrected chi connectivity index (χ4v) is 5.48. The van der Waals surface area contributed by atoms with E-state index in [4.69, 9.17) is 9.97 Å². The van der Waals surface area contributed by atoms with Gasteiger partial charge in [0.2, 0.25) is 5.91 Å². The third kappa shape index (κ3) is 3.43. The van der Waals surface area contributed by atoms with E-state index >= 15 is 0 Å². The molecule has 0 N–H and O–H groups in total. The van der Waals surface area contributed by atoms with Crippen molar-refractivity contribution in [2.24, 2.45) is 0 Å². The molecule has 2 aromatic heterocycles. The summed E-state index contributed by atoms with van der Waals surface area (Å²) < 4.78 is 20.0. The van der Waals surface area contributed by atoms with Gasteiger partial charge in [-0.1, -0.05) is 0 Å². The van der Waals surface area contributed by atoms with Crippen molar-refractivity contribution in [2.75, 3.05) is 18.0 Å². The molecule has 1 saturated heterocycles. The number of amides is 2. The molecule has 10 heteroatoms. The summed E-state index contributed by atoms with van der Waals surface area (Å²) in [4.78, 5) is 39.0. The van der Waals surface area contributed by atoms with Crippen LogP contribution in [0.1, 0.15) is 66.4 Å². The number of aromatic nitrogens is 4. The Labute approximate surface area is 194 Å². The van der Waals surface area contributed by atoms with Crippen LogP contribution in [0.15, 0.2) is 24.3 Å². The van der Waals surface area contributed by atoms with E-state index in [0.717, 1.165) is 35.8 Å². The van der Waals surface area contributed by atoms with Crippen molar-refractivity contribution >= 4 is 29.2 Å². The van der Waals surface area contributed by atoms with E-state index < -0.39 is 0 Å². The molecule has 1 aromatic carbocycles. The van der Waals surface area contributed by atoms with E-state index in [9.17, 15) is 14.0 Å². The monoisotopic (exact) mass is 466 g/mol. The minimum atomic E-state index is -0.376. The van der Waals surface area contributed by atoms with E-state index in [1.54, 1.807) is 9.80 Å². The first kappa shape index (κ1) is 20.5. The first-order chi connectivity index (χ1) is 16.0. The van der Waals surface area contributed by atoms with Gasteiger partial charge in [0.1, 0.15) is 11.6 Å².